The number of thiocarbonyl (C=S) groups is 1. The van der Waals surface area contributed by atoms with Gasteiger partial charge in [-0.05, 0) is 35.4 Å². The van der Waals surface area contributed by atoms with Crippen LogP contribution < -0.4 is 0 Å². The van der Waals surface area contributed by atoms with E-state index < -0.39 is 4.92 Å². The quantitative estimate of drug-likeness (QED) is 0.189. The Morgan fingerprint density at radius 2 is 1.71 bits per heavy atom. The lowest BCUT2D eigenvalue weighted by atomic mass is 10.1. The van der Waals surface area contributed by atoms with Gasteiger partial charge in [-0.3, -0.25) is 19.8 Å². The lowest BCUT2D eigenvalue weighted by molar-refractivity contribution is -0.384. The van der Waals surface area contributed by atoms with Crippen LogP contribution in [0.1, 0.15) is 11.1 Å². The third-order valence-electron chi connectivity index (χ3n) is 4.52. The first-order valence-electron chi connectivity index (χ1n) is 9.32. The first kappa shape index (κ1) is 21.3. The Morgan fingerprint density at radius 1 is 1.03 bits per heavy atom. The maximum Gasteiger partial charge on any atom is 0.270 e. The van der Waals surface area contributed by atoms with Gasteiger partial charge in [-0.1, -0.05) is 84.3 Å². The maximum absolute atomic E-state index is 13.0. The van der Waals surface area contributed by atoms with Gasteiger partial charge >= 0.3 is 0 Å². The number of amides is 1. The largest absolute Gasteiger partial charge is 0.288 e. The van der Waals surface area contributed by atoms with E-state index >= 15 is 0 Å². The van der Waals surface area contributed by atoms with Crippen LogP contribution in [0.5, 0.6) is 0 Å². The molecule has 1 saturated heterocycles. The van der Waals surface area contributed by atoms with E-state index in [1.54, 1.807) is 17.0 Å². The van der Waals surface area contributed by atoms with Gasteiger partial charge < -0.3 is 0 Å². The van der Waals surface area contributed by atoms with Gasteiger partial charge in [-0.2, -0.15) is 0 Å². The van der Waals surface area contributed by atoms with E-state index in [1.807, 2.05) is 60.7 Å². The monoisotopic (exact) mass is 464 g/mol. The number of thioether (sulfide) groups is 1. The fourth-order valence-electron chi connectivity index (χ4n) is 3.01. The first-order chi connectivity index (χ1) is 15.0. The summed E-state index contributed by atoms with van der Waals surface area (Å²) in [5, 5.41) is 11.3. The van der Waals surface area contributed by atoms with Gasteiger partial charge in [0.25, 0.3) is 11.6 Å². The molecule has 0 aliphatic carbocycles. The van der Waals surface area contributed by atoms with Crippen LogP contribution in [0.25, 0.3) is 6.08 Å². The molecule has 0 N–H and O–H groups in total. The Kier molecular flexibility index (Phi) is 6.50. The van der Waals surface area contributed by atoms with E-state index in [2.05, 4.69) is 0 Å². The highest BCUT2D eigenvalue weighted by molar-refractivity contribution is 8.26. The fraction of sp³-hybridized carbons (Fsp3) is 0.0435. The molecule has 0 bridgehead atoms. The molecule has 0 unspecified atom stereocenters. The van der Waals surface area contributed by atoms with Crippen molar-refractivity contribution in [3.63, 3.8) is 0 Å². The van der Waals surface area contributed by atoms with E-state index in [0.29, 0.717) is 21.3 Å². The number of carbonyl (C=O) groups excluding carboxylic acids is 1. The second-order valence-electron chi connectivity index (χ2n) is 6.65. The van der Waals surface area contributed by atoms with Crippen LogP contribution in [0, 0.1) is 10.1 Å². The number of rotatable bonds is 6. The third kappa shape index (κ3) is 5.04. The van der Waals surface area contributed by atoms with Gasteiger partial charge in [0, 0.05) is 21.9 Å². The zero-order valence-corrected chi connectivity index (χ0v) is 18.6. The van der Waals surface area contributed by atoms with Crippen LogP contribution in [0.15, 0.2) is 93.6 Å². The summed E-state index contributed by atoms with van der Waals surface area (Å²) in [6.45, 7) is 0.392. The number of nitrogens with zero attached hydrogens (tertiary/aromatic N) is 2. The van der Waals surface area contributed by atoms with Crippen LogP contribution in [-0.4, -0.2) is 20.1 Å². The smallest absolute Gasteiger partial charge is 0.270 e. The van der Waals surface area contributed by atoms with E-state index in [-0.39, 0.29) is 11.6 Å². The van der Waals surface area contributed by atoms with Gasteiger partial charge in [0.05, 0.1) is 16.4 Å². The molecular formula is C23H16N2O3S3. The minimum atomic E-state index is -0.436. The topological polar surface area (TPSA) is 63.4 Å². The van der Waals surface area contributed by atoms with Crippen LogP contribution in [0.2, 0.25) is 0 Å². The molecule has 5 nitrogen and oxygen atoms in total. The minimum absolute atomic E-state index is 0.0246. The number of nitro benzene ring substituents is 1. The third-order valence-corrected chi connectivity index (χ3v) is 7.00. The van der Waals surface area contributed by atoms with Gasteiger partial charge in [0.2, 0.25) is 0 Å². The lowest BCUT2D eigenvalue weighted by Gasteiger charge is -2.14. The molecule has 0 atom stereocenters. The summed E-state index contributed by atoms with van der Waals surface area (Å²) < 4.78 is 0.475. The van der Waals surface area contributed by atoms with Gasteiger partial charge in [-0.15, -0.1) is 0 Å². The molecule has 31 heavy (non-hydrogen) atoms. The van der Waals surface area contributed by atoms with Crippen LogP contribution in [-0.2, 0) is 11.3 Å². The number of non-ortho nitro benzene ring substituents is 1. The highest BCUT2D eigenvalue weighted by Gasteiger charge is 2.32. The molecule has 4 rings (SSSR count). The zero-order valence-electron chi connectivity index (χ0n) is 16.1. The van der Waals surface area contributed by atoms with E-state index in [0.717, 1.165) is 15.4 Å². The number of hydrogen-bond donors (Lipinski definition) is 0. The number of carbonyl (C=O) groups is 1. The molecule has 1 fully saturated rings. The molecule has 1 heterocycles. The fourth-order valence-corrected chi connectivity index (χ4v) is 5.18. The molecule has 0 spiro atoms. The van der Waals surface area contributed by atoms with Crippen LogP contribution in [0.4, 0.5) is 5.69 Å². The average Bonchev–Trinajstić information content (AvgIpc) is 3.03. The van der Waals surface area contributed by atoms with Crippen molar-refractivity contribution in [1.29, 1.82) is 0 Å². The van der Waals surface area contributed by atoms with Crippen molar-refractivity contribution in [3.05, 3.63) is 105 Å². The predicted octanol–water partition coefficient (Wildman–Crippen LogP) is 6.15. The van der Waals surface area contributed by atoms with E-state index in [9.17, 15) is 14.9 Å². The summed E-state index contributed by atoms with van der Waals surface area (Å²) in [6, 6.07) is 24.0. The SMILES string of the molecule is O=C1/C(=C\c2cc([N+](=O)[O-])ccc2Sc2ccccc2)SC(=S)N1Cc1ccccc1. The van der Waals surface area contributed by atoms with Crippen molar-refractivity contribution in [1.82, 2.24) is 4.90 Å². The highest BCUT2D eigenvalue weighted by Crippen LogP contribution is 2.38. The van der Waals surface area contributed by atoms with E-state index in [1.165, 1.54) is 35.7 Å². The molecule has 8 heteroatoms. The summed E-state index contributed by atoms with van der Waals surface area (Å²) in [4.78, 5) is 27.7. The Morgan fingerprint density at radius 3 is 2.39 bits per heavy atom. The molecule has 1 amide bonds. The molecule has 0 saturated carbocycles. The molecule has 1 aliphatic rings. The number of benzene rings is 3. The predicted molar refractivity (Wildman–Crippen MR) is 129 cm³/mol. The molecule has 3 aromatic rings. The van der Waals surface area contributed by atoms with Crippen molar-refractivity contribution >= 4 is 57.7 Å². The maximum atomic E-state index is 13.0. The Balaban J connectivity index is 1.66. The summed E-state index contributed by atoms with van der Waals surface area (Å²) in [7, 11) is 0. The molecule has 3 aromatic carbocycles. The minimum Gasteiger partial charge on any atom is -0.288 e. The Hall–Kier alpha value is -2.94. The van der Waals surface area contributed by atoms with Crippen molar-refractivity contribution in [2.45, 2.75) is 16.3 Å². The summed E-state index contributed by atoms with van der Waals surface area (Å²) in [6.07, 6.45) is 1.70. The number of hydrogen-bond acceptors (Lipinski definition) is 6. The molecule has 0 radical (unpaired) electrons. The Labute approximate surface area is 193 Å². The normalized spacial score (nSPS) is 15.0. The average molecular weight is 465 g/mol. The van der Waals surface area contributed by atoms with Crippen molar-refractivity contribution in [2.75, 3.05) is 0 Å². The van der Waals surface area contributed by atoms with E-state index in [4.69, 9.17) is 12.2 Å². The second kappa shape index (κ2) is 9.47. The van der Waals surface area contributed by atoms with Crippen molar-refractivity contribution in [3.8, 4) is 0 Å². The molecule has 154 valence electrons. The Bertz CT molecular complexity index is 1180. The van der Waals surface area contributed by atoms with Crippen molar-refractivity contribution in [2.24, 2.45) is 0 Å². The van der Waals surface area contributed by atoms with Gasteiger partial charge in [0.15, 0.2) is 0 Å². The standard InChI is InChI=1S/C23H16N2O3S3/c26-22-21(31-23(29)24(22)15-16-7-3-1-4-8-16)14-17-13-18(25(27)28)11-12-20(17)30-19-9-5-2-6-10-19/h1-14H,15H2/b21-14+. The van der Waals surface area contributed by atoms with Crippen LogP contribution >= 0.6 is 35.7 Å². The van der Waals surface area contributed by atoms with Gasteiger partial charge in [0.1, 0.15) is 4.32 Å². The zero-order chi connectivity index (χ0) is 21.8. The highest BCUT2D eigenvalue weighted by atomic mass is 32.2. The first-order valence-corrected chi connectivity index (χ1v) is 11.4. The van der Waals surface area contributed by atoms with Crippen molar-refractivity contribution < 1.29 is 9.72 Å². The van der Waals surface area contributed by atoms with Crippen LogP contribution in [0.3, 0.4) is 0 Å². The lowest BCUT2D eigenvalue weighted by Crippen LogP contribution is -2.27. The molecule has 1 aliphatic heterocycles. The summed E-state index contributed by atoms with van der Waals surface area (Å²) in [5.41, 5.74) is 1.57. The summed E-state index contributed by atoms with van der Waals surface area (Å²) >= 11 is 8.13. The van der Waals surface area contributed by atoms with Gasteiger partial charge in [-0.25, -0.2) is 0 Å². The number of nitro groups is 1. The summed E-state index contributed by atoms with van der Waals surface area (Å²) in [5.74, 6) is -0.193. The second-order valence-corrected chi connectivity index (χ2v) is 9.44. The molecule has 0 aromatic heterocycles. The molecular weight excluding hydrogens is 448 g/mol.